The molecule has 0 aliphatic heterocycles. The predicted molar refractivity (Wildman–Crippen MR) is 51.9 cm³/mol. The number of nitrogens with zero attached hydrogens (tertiary/aromatic N) is 2. The van der Waals surface area contributed by atoms with Gasteiger partial charge >= 0.3 is 0 Å². The van der Waals surface area contributed by atoms with Gasteiger partial charge in [0, 0.05) is 18.6 Å². The molecule has 0 saturated heterocycles. The molecule has 2 heteroatoms. The van der Waals surface area contributed by atoms with Crippen molar-refractivity contribution in [2.24, 2.45) is 5.41 Å². The highest BCUT2D eigenvalue weighted by atomic mass is 14.8. The Labute approximate surface area is 75.1 Å². The number of aromatic nitrogens is 2. The van der Waals surface area contributed by atoms with Crippen LogP contribution in [0.1, 0.15) is 33.9 Å². The second-order valence-electron chi connectivity index (χ2n) is 3.93. The molecular weight excluding hydrogens is 148 g/mol. The van der Waals surface area contributed by atoms with Gasteiger partial charge in [0.1, 0.15) is 0 Å². The Balaban J connectivity index is 0.00000121. The summed E-state index contributed by atoms with van der Waals surface area (Å²) in [7, 11) is 0. The van der Waals surface area contributed by atoms with E-state index in [2.05, 4.69) is 30.7 Å². The molecular formula is C10H18N2. The number of hydrogen-bond donors (Lipinski definition) is 0. The third-order valence-electron chi connectivity index (χ3n) is 1.33. The van der Waals surface area contributed by atoms with Crippen LogP contribution in [0, 0.1) is 5.41 Å². The number of rotatable bonds is 1. The average molecular weight is 166 g/mol. The van der Waals surface area contributed by atoms with Gasteiger partial charge in [0.25, 0.3) is 0 Å². The Morgan fingerprint density at radius 3 is 2.33 bits per heavy atom. The van der Waals surface area contributed by atoms with Crippen molar-refractivity contribution >= 4 is 0 Å². The summed E-state index contributed by atoms with van der Waals surface area (Å²) in [6.45, 7) is 6.59. The van der Waals surface area contributed by atoms with Crippen LogP contribution in [0.4, 0.5) is 0 Å². The maximum absolute atomic E-state index is 4.20. The Kier molecular flexibility index (Phi) is 3.87. The largest absolute Gasteiger partial charge is 0.261 e. The van der Waals surface area contributed by atoms with Crippen LogP contribution in [0.3, 0.4) is 0 Å². The van der Waals surface area contributed by atoms with Crippen molar-refractivity contribution < 1.29 is 0 Å². The minimum atomic E-state index is 0. The van der Waals surface area contributed by atoms with Crippen molar-refractivity contribution in [3.63, 3.8) is 0 Å². The van der Waals surface area contributed by atoms with Crippen LogP contribution in [0.15, 0.2) is 18.6 Å². The molecule has 0 saturated carbocycles. The molecule has 1 heterocycles. The fourth-order valence-corrected chi connectivity index (χ4v) is 0.965. The van der Waals surface area contributed by atoms with Crippen LogP contribution >= 0.6 is 0 Å². The van der Waals surface area contributed by atoms with Crippen molar-refractivity contribution in [3.8, 4) is 0 Å². The third kappa shape index (κ3) is 4.06. The minimum absolute atomic E-state index is 0. The fraction of sp³-hybridized carbons (Fsp3) is 0.600. The van der Waals surface area contributed by atoms with Crippen LogP contribution < -0.4 is 0 Å². The van der Waals surface area contributed by atoms with E-state index in [-0.39, 0.29) is 7.43 Å². The van der Waals surface area contributed by atoms with E-state index in [9.17, 15) is 0 Å². The first-order chi connectivity index (χ1) is 5.08. The maximum atomic E-state index is 4.20. The summed E-state index contributed by atoms with van der Waals surface area (Å²) in [6, 6.07) is 0. The standard InChI is InChI=1S/C9H14N2.CH4/c1-9(2,3)6-8-7-10-4-5-11-8;/h4-5,7H,6H2,1-3H3;1H4. The van der Waals surface area contributed by atoms with Gasteiger partial charge in [0.2, 0.25) is 0 Å². The molecule has 2 nitrogen and oxygen atoms in total. The summed E-state index contributed by atoms with van der Waals surface area (Å²) < 4.78 is 0. The van der Waals surface area contributed by atoms with Gasteiger partial charge in [0.15, 0.2) is 0 Å². The van der Waals surface area contributed by atoms with Crippen LogP contribution in [-0.4, -0.2) is 9.97 Å². The van der Waals surface area contributed by atoms with Crippen LogP contribution in [0.2, 0.25) is 0 Å². The average Bonchev–Trinajstić information content (AvgIpc) is 1.85. The van der Waals surface area contributed by atoms with Crippen molar-refractivity contribution in [2.45, 2.75) is 34.6 Å². The predicted octanol–water partition coefficient (Wildman–Crippen LogP) is 2.70. The minimum Gasteiger partial charge on any atom is -0.261 e. The molecule has 0 fully saturated rings. The summed E-state index contributed by atoms with van der Waals surface area (Å²) >= 11 is 0. The van der Waals surface area contributed by atoms with E-state index in [1.807, 2.05) is 6.20 Å². The van der Waals surface area contributed by atoms with Crippen LogP contribution in [-0.2, 0) is 6.42 Å². The number of hydrogen-bond acceptors (Lipinski definition) is 2. The first kappa shape index (κ1) is 11.1. The lowest BCUT2D eigenvalue weighted by atomic mass is 9.91. The zero-order valence-corrected chi connectivity index (χ0v) is 7.33. The highest BCUT2D eigenvalue weighted by Crippen LogP contribution is 2.17. The molecule has 0 N–H and O–H groups in total. The van der Waals surface area contributed by atoms with Gasteiger partial charge in [-0.15, -0.1) is 0 Å². The molecule has 0 radical (unpaired) electrons. The smallest absolute Gasteiger partial charge is 0.0591 e. The molecule has 1 aromatic rings. The molecule has 12 heavy (non-hydrogen) atoms. The van der Waals surface area contributed by atoms with E-state index in [0.717, 1.165) is 12.1 Å². The Hall–Kier alpha value is -0.920. The SMILES string of the molecule is C.CC(C)(C)Cc1cnccn1. The van der Waals surface area contributed by atoms with Crippen molar-refractivity contribution in [3.05, 3.63) is 24.3 Å². The first-order valence-corrected chi connectivity index (χ1v) is 3.83. The van der Waals surface area contributed by atoms with Gasteiger partial charge in [-0.1, -0.05) is 28.2 Å². The zero-order valence-electron chi connectivity index (χ0n) is 7.33. The normalized spacial score (nSPS) is 10.6. The van der Waals surface area contributed by atoms with E-state index in [1.165, 1.54) is 0 Å². The Morgan fingerprint density at radius 2 is 1.92 bits per heavy atom. The van der Waals surface area contributed by atoms with Crippen molar-refractivity contribution in [1.29, 1.82) is 0 Å². The summed E-state index contributed by atoms with van der Waals surface area (Å²) in [5, 5.41) is 0. The molecule has 68 valence electrons. The van der Waals surface area contributed by atoms with E-state index in [0.29, 0.717) is 5.41 Å². The summed E-state index contributed by atoms with van der Waals surface area (Å²) in [4.78, 5) is 8.21. The molecule has 0 spiro atoms. The monoisotopic (exact) mass is 166 g/mol. The fourth-order valence-electron chi connectivity index (χ4n) is 0.965. The molecule has 1 aromatic heterocycles. The highest BCUT2D eigenvalue weighted by molar-refractivity contribution is 4.97. The molecule has 0 bridgehead atoms. The Bertz CT molecular complexity index is 211. The van der Waals surface area contributed by atoms with Gasteiger partial charge < -0.3 is 0 Å². The Morgan fingerprint density at radius 1 is 1.25 bits per heavy atom. The lowest BCUT2D eigenvalue weighted by molar-refractivity contribution is 0.405. The molecule has 0 atom stereocenters. The zero-order chi connectivity index (χ0) is 8.32. The molecule has 1 rings (SSSR count). The lowest BCUT2D eigenvalue weighted by Gasteiger charge is -2.16. The molecule has 0 aliphatic rings. The van der Waals surface area contributed by atoms with Crippen molar-refractivity contribution in [2.75, 3.05) is 0 Å². The van der Waals surface area contributed by atoms with E-state index in [4.69, 9.17) is 0 Å². The summed E-state index contributed by atoms with van der Waals surface area (Å²) in [6.07, 6.45) is 6.25. The van der Waals surface area contributed by atoms with Crippen molar-refractivity contribution in [1.82, 2.24) is 9.97 Å². The third-order valence-corrected chi connectivity index (χ3v) is 1.33. The second kappa shape index (κ2) is 4.19. The maximum Gasteiger partial charge on any atom is 0.0591 e. The van der Waals surface area contributed by atoms with E-state index in [1.54, 1.807) is 12.4 Å². The molecule has 0 amide bonds. The van der Waals surface area contributed by atoms with Gasteiger partial charge in [-0.25, -0.2) is 0 Å². The molecule has 0 aliphatic carbocycles. The molecule has 0 aromatic carbocycles. The highest BCUT2D eigenvalue weighted by Gasteiger charge is 2.11. The molecule has 0 unspecified atom stereocenters. The topological polar surface area (TPSA) is 25.8 Å². The van der Waals surface area contributed by atoms with Crippen LogP contribution in [0.25, 0.3) is 0 Å². The van der Waals surface area contributed by atoms with Crippen LogP contribution in [0.5, 0.6) is 0 Å². The summed E-state index contributed by atoms with van der Waals surface area (Å²) in [5.74, 6) is 0. The first-order valence-electron chi connectivity index (χ1n) is 3.83. The van der Waals surface area contributed by atoms with Gasteiger partial charge in [-0.05, 0) is 11.8 Å². The quantitative estimate of drug-likeness (QED) is 0.641. The van der Waals surface area contributed by atoms with Gasteiger partial charge in [0.05, 0.1) is 5.69 Å². The van der Waals surface area contributed by atoms with Gasteiger partial charge in [-0.3, -0.25) is 9.97 Å². The lowest BCUT2D eigenvalue weighted by Crippen LogP contribution is -2.10. The second-order valence-corrected chi connectivity index (χ2v) is 3.93. The van der Waals surface area contributed by atoms with E-state index >= 15 is 0 Å². The summed E-state index contributed by atoms with van der Waals surface area (Å²) in [5.41, 5.74) is 1.37. The van der Waals surface area contributed by atoms with Gasteiger partial charge in [-0.2, -0.15) is 0 Å². The van der Waals surface area contributed by atoms with E-state index < -0.39 is 0 Å².